The zero-order valence-electron chi connectivity index (χ0n) is 37.9. The average molecular weight is 940 g/mol. The van der Waals surface area contributed by atoms with Crippen LogP contribution in [0.3, 0.4) is 0 Å². The molecular weight excluding hydrogens is 904 g/mol. The van der Waals surface area contributed by atoms with Crippen molar-refractivity contribution in [1.82, 2.24) is 43.6 Å². The number of nitrogens with zero attached hydrogens (tertiary/aromatic N) is 9. The van der Waals surface area contributed by atoms with Crippen molar-refractivity contribution in [3.8, 4) is 85.4 Å². The molecule has 13 rings (SSSR count). The van der Waals surface area contributed by atoms with E-state index in [1.165, 1.54) is 36.4 Å². The van der Waals surface area contributed by atoms with Crippen LogP contribution in [-0.4, -0.2) is 43.6 Å². The topological polar surface area (TPSA) is 92.1 Å². The van der Waals surface area contributed by atoms with Crippen molar-refractivity contribution in [2.75, 3.05) is 0 Å². The number of fused-ring (bicyclic) bond motifs is 3. The monoisotopic (exact) mass is 939 g/mol. The second-order valence-corrected chi connectivity index (χ2v) is 17.3. The van der Waals surface area contributed by atoms with E-state index in [0.29, 0.717) is 51.6 Å². The number of imidazole rings is 3. The molecule has 0 saturated carbocycles. The van der Waals surface area contributed by atoms with Crippen LogP contribution < -0.4 is 0 Å². The number of benzene rings is 9. The molecule has 0 aliphatic heterocycles. The van der Waals surface area contributed by atoms with Gasteiger partial charge in [0.1, 0.15) is 34.9 Å². The summed E-state index contributed by atoms with van der Waals surface area (Å²) in [5.41, 5.74) is 11.7. The first-order valence-electron chi connectivity index (χ1n) is 23.2. The Labute approximate surface area is 409 Å². The lowest BCUT2D eigenvalue weighted by Gasteiger charge is -2.13. The Morgan fingerprint density at radius 1 is 0.250 bits per heavy atom. The molecule has 0 aliphatic carbocycles. The van der Waals surface area contributed by atoms with E-state index in [-0.39, 0.29) is 17.5 Å². The van der Waals surface area contributed by atoms with Crippen molar-refractivity contribution in [3.05, 3.63) is 236 Å². The first kappa shape index (κ1) is 42.3. The summed E-state index contributed by atoms with van der Waals surface area (Å²) in [5, 5.41) is 0. The molecule has 0 fully saturated rings. The van der Waals surface area contributed by atoms with E-state index < -0.39 is 0 Å². The van der Waals surface area contributed by atoms with Gasteiger partial charge in [-0.1, -0.05) is 91.0 Å². The fourth-order valence-corrected chi connectivity index (χ4v) is 9.37. The normalized spacial score (nSPS) is 11.5. The lowest BCUT2D eigenvalue weighted by molar-refractivity contribution is 0.627. The van der Waals surface area contributed by atoms with E-state index in [1.807, 2.05) is 159 Å². The van der Waals surface area contributed by atoms with Crippen LogP contribution in [0.2, 0.25) is 0 Å². The minimum atomic E-state index is -0.331. The zero-order valence-corrected chi connectivity index (χ0v) is 37.9. The van der Waals surface area contributed by atoms with Crippen LogP contribution in [0.1, 0.15) is 0 Å². The molecule has 0 aliphatic rings. The number of rotatable bonds is 9. The SMILES string of the molecule is Fc1ccc(-n2c(-c3cccc(-c4nc(-c5cccc(-c6nc7ccccc7n6-c6ccc(F)cc6)c5)nc(-c5cccc(-c6nc7ccccc7n6-c6ccc(F)cc6)c5)n4)c3)nc3ccccc32)cc1. The third-order valence-corrected chi connectivity index (χ3v) is 12.7. The second kappa shape index (κ2) is 17.3. The smallest absolute Gasteiger partial charge is 0.164 e. The summed E-state index contributed by atoms with van der Waals surface area (Å²) in [6.07, 6.45) is 0. The number of aromatic nitrogens is 9. The summed E-state index contributed by atoms with van der Waals surface area (Å²) in [5.74, 6) is 2.22. The lowest BCUT2D eigenvalue weighted by atomic mass is 10.1. The van der Waals surface area contributed by atoms with E-state index >= 15 is 0 Å². The van der Waals surface area contributed by atoms with Gasteiger partial charge in [0, 0.05) is 50.4 Å². The predicted molar refractivity (Wildman–Crippen MR) is 276 cm³/mol. The maximum absolute atomic E-state index is 14.2. The highest BCUT2D eigenvalue weighted by Gasteiger charge is 2.21. The molecule has 0 unspecified atom stereocenters. The van der Waals surface area contributed by atoms with Gasteiger partial charge in [0.05, 0.1) is 33.1 Å². The quantitative estimate of drug-likeness (QED) is 0.143. The first-order chi connectivity index (χ1) is 35.4. The summed E-state index contributed by atoms with van der Waals surface area (Å²) < 4.78 is 48.8. The van der Waals surface area contributed by atoms with Gasteiger partial charge in [0.2, 0.25) is 0 Å². The first-order valence-corrected chi connectivity index (χ1v) is 23.2. The number of hydrogen-bond donors (Lipinski definition) is 0. The van der Waals surface area contributed by atoms with Gasteiger partial charge in [0.15, 0.2) is 17.5 Å². The van der Waals surface area contributed by atoms with Crippen LogP contribution in [0.4, 0.5) is 13.2 Å². The fraction of sp³-hybridized carbons (Fsp3) is 0. The van der Waals surface area contributed by atoms with Gasteiger partial charge in [-0.25, -0.2) is 43.1 Å². The minimum Gasteiger partial charge on any atom is -0.292 e. The molecule has 0 amide bonds. The molecule has 9 nitrogen and oxygen atoms in total. The van der Waals surface area contributed by atoms with Crippen molar-refractivity contribution >= 4 is 33.1 Å². The number of halogens is 3. The van der Waals surface area contributed by atoms with Crippen molar-refractivity contribution < 1.29 is 13.2 Å². The van der Waals surface area contributed by atoms with Gasteiger partial charge in [-0.15, -0.1) is 0 Å². The molecule has 0 bridgehead atoms. The summed E-state index contributed by atoms with van der Waals surface area (Å²) in [4.78, 5) is 30.8. The molecule has 13 aromatic rings. The van der Waals surface area contributed by atoms with Crippen LogP contribution >= 0.6 is 0 Å². The Morgan fingerprint density at radius 3 is 0.806 bits per heavy atom. The van der Waals surface area contributed by atoms with E-state index in [1.54, 1.807) is 36.4 Å². The van der Waals surface area contributed by atoms with Crippen LogP contribution in [0, 0.1) is 17.5 Å². The summed E-state index contributed by atoms with van der Waals surface area (Å²) in [6.45, 7) is 0. The Balaban J connectivity index is 0.988. The van der Waals surface area contributed by atoms with Gasteiger partial charge < -0.3 is 0 Å². The molecule has 72 heavy (non-hydrogen) atoms. The largest absolute Gasteiger partial charge is 0.292 e. The highest BCUT2D eigenvalue weighted by molar-refractivity contribution is 5.87. The molecule has 0 atom stereocenters. The maximum Gasteiger partial charge on any atom is 0.164 e. The third kappa shape index (κ3) is 7.54. The summed E-state index contributed by atoms with van der Waals surface area (Å²) in [6, 6.07) is 66.4. The Kier molecular flexibility index (Phi) is 10.2. The van der Waals surface area contributed by atoms with Gasteiger partial charge in [-0.2, -0.15) is 0 Å². The van der Waals surface area contributed by atoms with Crippen LogP contribution in [0.15, 0.2) is 218 Å². The van der Waals surface area contributed by atoms with E-state index in [0.717, 1.165) is 66.9 Å². The van der Waals surface area contributed by atoms with Gasteiger partial charge in [-0.3, -0.25) is 13.7 Å². The fourth-order valence-electron chi connectivity index (χ4n) is 9.37. The van der Waals surface area contributed by atoms with E-state index in [2.05, 4.69) is 0 Å². The maximum atomic E-state index is 14.2. The lowest BCUT2D eigenvalue weighted by Crippen LogP contribution is -2.02. The highest BCUT2D eigenvalue weighted by Crippen LogP contribution is 2.36. The van der Waals surface area contributed by atoms with E-state index in [4.69, 9.17) is 29.9 Å². The summed E-state index contributed by atoms with van der Waals surface area (Å²) >= 11 is 0. The van der Waals surface area contributed by atoms with Crippen molar-refractivity contribution in [2.24, 2.45) is 0 Å². The van der Waals surface area contributed by atoms with Gasteiger partial charge in [0.25, 0.3) is 0 Å². The van der Waals surface area contributed by atoms with Crippen molar-refractivity contribution in [3.63, 3.8) is 0 Å². The van der Waals surface area contributed by atoms with Crippen LogP contribution in [-0.2, 0) is 0 Å². The zero-order chi connectivity index (χ0) is 48.3. The highest BCUT2D eigenvalue weighted by atomic mass is 19.1. The standard InChI is InChI=1S/C60H36F3N9/c61-43-22-28-46(29-23-43)70-52-19-4-1-16-49(52)64-58(70)40-13-7-10-37(34-40)55-67-56(38-11-8-14-41(35-38)59-65-50-17-2-5-20-53(50)71(59)47-30-24-44(62)25-31-47)69-57(68-55)39-12-9-15-42(36-39)60-66-51-18-3-6-21-54(51)72(60)48-32-26-45(63)27-33-48/h1-36H. The Bertz CT molecular complexity index is 3750. The summed E-state index contributed by atoms with van der Waals surface area (Å²) in [7, 11) is 0. The Hall–Kier alpha value is -9.81. The van der Waals surface area contributed by atoms with E-state index in [9.17, 15) is 13.2 Å². The number of hydrogen-bond acceptors (Lipinski definition) is 6. The molecular formula is C60H36F3N9. The molecule has 342 valence electrons. The molecule has 0 spiro atoms. The molecule has 4 aromatic heterocycles. The van der Waals surface area contributed by atoms with Gasteiger partial charge in [-0.05, 0) is 127 Å². The van der Waals surface area contributed by atoms with Gasteiger partial charge >= 0.3 is 0 Å². The molecule has 0 N–H and O–H groups in total. The second-order valence-electron chi connectivity index (χ2n) is 17.3. The van der Waals surface area contributed by atoms with Crippen LogP contribution in [0.25, 0.3) is 118 Å². The molecule has 0 radical (unpaired) electrons. The number of para-hydroxylation sites is 6. The molecule has 9 aromatic carbocycles. The Morgan fingerprint density at radius 2 is 0.514 bits per heavy atom. The molecule has 4 heterocycles. The van der Waals surface area contributed by atoms with Crippen molar-refractivity contribution in [1.29, 1.82) is 0 Å². The molecule has 0 saturated heterocycles. The van der Waals surface area contributed by atoms with Crippen molar-refractivity contribution in [2.45, 2.75) is 0 Å². The predicted octanol–water partition coefficient (Wildman–Crippen LogP) is 14.3. The van der Waals surface area contributed by atoms with Crippen LogP contribution in [0.5, 0.6) is 0 Å². The third-order valence-electron chi connectivity index (χ3n) is 12.7. The molecule has 12 heteroatoms. The average Bonchev–Trinajstić information content (AvgIpc) is 4.14. The minimum absolute atomic E-state index is 0.331.